The number of amides is 1. The zero-order chi connectivity index (χ0) is 23.4. The van der Waals surface area contributed by atoms with Crippen molar-refractivity contribution in [3.8, 4) is 17.1 Å². The molecule has 1 aromatic carbocycles. The van der Waals surface area contributed by atoms with Gasteiger partial charge in [0, 0.05) is 17.5 Å². The summed E-state index contributed by atoms with van der Waals surface area (Å²) in [6.45, 7) is 6.75. The minimum absolute atomic E-state index is 0.0252. The lowest BCUT2D eigenvalue weighted by Crippen LogP contribution is -2.36. The highest BCUT2D eigenvalue weighted by Crippen LogP contribution is 2.32. The number of piperidine rings is 1. The highest BCUT2D eigenvalue weighted by Gasteiger charge is 2.20. The first-order chi connectivity index (χ1) is 15.9. The number of hydrogen-bond donors (Lipinski definition) is 3. The fourth-order valence-corrected chi connectivity index (χ4v) is 4.02. The predicted octanol–water partition coefficient (Wildman–Crippen LogP) is 3.94. The Morgan fingerprint density at radius 1 is 1.27 bits per heavy atom. The van der Waals surface area contributed by atoms with Crippen LogP contribution in [0.2, 0.25) is 5.02 Å². The molecule has 3 aromatic rings. The number of hydrogen-bond acceptors (Lipinski definition) is 6. The Balaban J connectivity index is 1.43. The van der Waals surface area contributed by atoms with E-state index in [0.717, 1.165) is 54.3 Å². The Morgan fingerprint density at radius 2 is 2.00 bits per heavy atom. The lowest BCUT2D eigenvalue weighted by Gasteiger charge is -2.30. The minimum atomic E-state index is -0.0300. The number of likely N-dealkylation sites (tertiary alicyclic amines) is 1. The molecule has 0 aliphatic carbocycles. The van der Waals surface area contributed by atoms with Gasteiger partial charge in [-0.3, -0.25) is 4.79 Å². The lowest BCUT2D eigenvalue weighted by atomic mass is 10.1. The van der Waals surface area contributed by atoms with Gasteiger partial charge in [0.1, 0.15) is 23.7 Å². The molecule has 2 aromatic heterocycles. The normalized spacial score (nSPS) is 15.2. The second-order valence-corrected chi connectivity index (χ2v) is 9.21. The summed E-state index contributed by atoms with van der Waals surface area (Å²) < 4.78 is 5.72. The van der Waals surface area contributed by atoms with Gasteiger partial charge < -0.3 is 25.3 Å². The molecule has 0 radical (unpaired) electrons. The fraction of sp³-hybridized carbons (Fsp3) is 0.458. The molecular formula is C24H31ClN6O2. The third-order valence-corrected chi connectivity index (χ3v) is 6.15. The number of carbonyl (C=O) groups is 1. The van der Waals surface area contributed by atoms with Gasteiger partial charge in [-0.2, -0.15) is 0 Å². The molecule has 33 heavy (non-hydrogen) atoms. The average Bonchev–Trinajstić information content (AvgIpc) is 3.25. The SMILES string of the molecule is CC(C)C(=O)NCCOc1ccc(-c2nc3ncc(Cl)c(NC4CCN(C)CC4)c3[nH]2)cc1. The zero-order valence-corrected chi connectivity index (χ0v) is 20.1. The number of rotatable bonds is 8. The number of halogens is 1. The summed E-state index contributed by atoms with van der Waals surface area (Å²) in [4.78, 5) is 26.4. The Morgan fingerprint density at radius 3 is 2.70 bits per heavy atom. The van der Waals surface area contributed by atoms with Gasteiger partial charge in [-0.1, -0.05) is 25.4 Å². The lowest BCUT2D eigenvalue weighted by molar-refractivity contribution is -0.124. The van der Waals surface area contributed by atoms with E-state index >= 15 is 0 Å². The molecule has 1 saturated heterocycles. The van der Waals surface area contributed by atoms with Crippen LogP contribution < -0.4 is 15.4 Å². The van der Waals surface area contributed by atoms with Gasteiger partial charge in [0.05, 0.1) is 23.5 Å². The number of carbonyl (C=O) groups excluding carboxylic acids is 1. The van der Waals surface area contributed by atoms with Gasteiger partial charge >= 0.3 is 0 Å². The third-order valence-electron chi connectivity index (χ3n) is 5.86. The van der Waals surface area contributed by atoms with Crippen LogP contribution in [0.25, 0.3) is 22.6 Å². The number of ether oxygens (including phenoxy) is 1. The number of H-pyrrole nitrogens is 1. The maximum Gasteiger partial charge on any atom is 0.222 e. The van der Waals surface area contributed by atoms with Gasteiger partial charge in [0.2, 0.25) is 5.91 Å². The molecule has 8 nitrogen and oxygen atoms in total. The van der Waals surface area contributed by atoms with Crippen molar-refractivity contribution in [1.82, 2.24) is 25.2 Å². The molecule has 0 unspecified atom stereocenters. The quantitative estimate of drug-likeness (QED) is 0.432. The molecule has 176 valence electrons. The van der Waals surface area contributed by atoms with E-state index in [9.17, 15) is 4.79 Å². The van der Waals surface area contributed by atoms with E-state index in [1.165, 1.54) is 0 Å². The summed E-state index contributed by atoms with van der Waals surface area (Å²) in [5.41, 5.74) is 3.23. The van der Waals surface area contributed by atoms with Crippen molar-refractivity contribution >= 4 is 34.4 Å². The van der Waals surface area contributed by atoms with E-state index in [1.54, 1.807) is 6.20 Å². The molecule has 1 aliphatic heterocycles. The van der Waals surface area contributed by atoms with E-state index in [2.05, 4.69) is 37.5 Å². The van der Waals surface area contributed by atoms with E-state index in [0.29, 0.717) is 29.9 Å². The van der Waals surface area contributed by atoms with Crippen LogP contribution in [0, 0.1) is 5.92 Å². The van der Waals surface area contributed by atoms with Crippen molar-refractivity contribution < 1.29 is 9.53 Å². The number of nitrogens with zero attached hydrogens (tertiary/aromatic N) is 3. The molecule has 1 aliphatic rings. The third kappa shape index (κ3) is 5.75. The first kappa shape index (κ1) is 23.3. The van der Waals surface area contributed by atoms with Crippen LogP contribution in [0.15, 0.2) is 30.5 Å². The molecule has 0 saturated carbocycles. The first-order valence-corrected chi connectivity index (χ1v) is 11.8. The number of pyridine rings is 1. The monoisotopic (exact) mass is 470 g/mol. The Hall–Kier alpha value is -2.84. The Kier molecular flexibility index (Phi) is 7.35. The number of anilines is 1. The highest BCUT2D eigenvalue weighted by atomic mass is 35.5. The number of aromatic amines is 1. The van der Waals surface area contributed by atoms with Crippen molar-refractivity contribution in [2.75, 3.05) is 38.6 Å². The van der Waals surface area contributed by atoms with Crippen LogP contribution in [0.3, 0.4) is 0 Å². The van der Waals surface area contributed by atoms with Gasteiger partial charge in [-0.15, -0.1) is 0 Å². The van der Waals surface area contributed by atoms with Crippen LogP contribution in [0.1, 0.15) is 26.7 Å². The molecular weight excluding hydrogens is 440 g/mol. The van der Waals surface area contributed by atoms with E-state index in [-0.39, 0.29) is 11.8 Å². The summed E-state index contributed by atoms with van der Waals surface area (Å²) >= 11 is 6.50. The van der Waals surface area contributed by atoms with Crippen molar-refractivity contribution in [3.05, 3.63) is 35.5 Å². The Bertz CT molecular complexity index is 1090. The van der Waals surface area contributed by atoms with Crippen LogP contribution in [-0.4, -0.2) is 65.1 Å². The number of aromatic nitrogens is 3. The van der Waals surface area contributed by atoms with Gasteiger partial charge in [-0.25, -0.2) is 9.97 Å². The van der Waals surface area contributed by atoms with Crippen LogP contribution in [0.4, 0.5) is 5.69 Å². The average molecular weight is 471 g/mol. The van der Waals surface area contributed by atoms with Crippen molar-refractivity contribution in [3.63, 3.8) is 0 Å². The molecule has 3 heterocycles. The standard InChI is InChI=1S/C24H31ClN6O2/c1-15(2)24(32)26-10-13-33-18-6-4-16(5-7-18)22-29-21-20(19(25)14-27-23(21)30-22)28-17-8-11-31(3)12-9-17/h4-7,14-15,17H,8-13H2,1-3H3,(H,26,32)(H2,27,28,29,30). The maximum atomic E-state index is 11.6. The van der Waals surface area contributed by atoms with Gasteiger partial charge in [0.25, 0.3) is 0 Å². The van der Waals surface area contributed by atoms with Gasteiger partial charge in [0.15, 0.2) is 5.65 Å². The highest BCUT2D eigenvalue weighted by molar-refractivity contribution is 6.34. The summed E-state index contributed by atoms with van der Waals surface area (Å²) in [6, 6.07) is 8.06. The summed E-state index contributed by atoms with van der Waals surface area (Å²) in [7, 11) is 2.15. The molecule has 0 atom stereocenters. The number of benzene rings is 1. The van der Waals surface area contributed by atoms with Crippen molar-refractivity contribution in [2.24, 2.45) is 5.92 Å². The van der Waals surface area contributed by atoms with E-state index in [1.807, 2.05) is 38.1 Å². The summed E-state index contributed by atoms with van der Waals surface area (Å²) in [6.07, 6.45) is 3.79. The van der Waals surface area contributed by atoms with Crippen LogP contribution >= 0.6 is 11.6 Å². The Labute approximate surface area is 199 Å². The fourth-order valence-electron chi connectivity index (χ4n) is 3.82. The van der Waals surface area contributed by atoms with E-state index in [4.69, 9.17) is 16.3 Å². The summed E-state index contributed by atoms with van der Waals surface area (Å²) in [5, 5.41) is 7.04. The molecule has 0 bridgehead atoms. The number of imidazole rings is 1. The van der Waals surface area contributed by atoms with Crippen LogP contribution in [-0.2, 0) is 4.79 Å². The second kappa shape index (κ2) is 10.4. The molecule has 1 amide bonds. The number of fused-ring (bicyclic) bond motifs is 1. The predicted molar refractivity (Wildman–Crippen MR) is 132 cm³/mol. The second-order valence-electron chi connectivity index (χ2n) is 8.81. The molecule has 4 rings (SSSR count). The van der Waals surface area contributed by atoms with Crippen molar-refractivity contribution in [2.45, 2.75) is 32.7 Å². The topological polar surface area (TPSA) is 95.2 Å². The molecule has 3 N–H and O–H groups in total. The largest absolute Gasteiger partial charge is 0.492 e. The molecule has 1 fully saturated rings. The first-order valence-electron chi connectivity index (χ1n) is 11.4. The minimum Gasteiger partial charge on any atom is -0.492 e. The van der Waals surface area contributed by atoms with Crippen LogP contribution in [0.5, 0.6) is 5.75 Å². The van der Waals surface area contributed by atoms with Gasteiger partial charge in [-0.05, 0) is 57.2 Å². The number of nitrogens with one attached hydrogen (secondary N) is 3. The van der Waals surface area contributed by atoms with E-state index < -0.39 is 0 Å². The summed E-state index contributed by atoms with van der Waals surface area (Å²) in [5.74, 6) is 1.45. The molecule has 9 heteroatoms. The zero-order valence-electron chi connectivity index (χ0n) is 19.3. The maximum absolute atomic E-state index is 11.6. The van der Waals surface area contributed by atoms with Crippen molar-refractivity contribution in [1.29, 1.82) is 0 Å². The molecule has 0 spiro atoms. The smallest absolute Gasteiger partial charge is 0.222 e.